The van der Waals surface area contributed by atoms with E-state index in [0.717, 1.165) is 35.9 Å². The molecular formula is C17H24BrFO. The first-order valence-corrected chi connectivity index (χ1v) is 8.75. The zero-order chi connectivity index (χ0) is 14.6. The Morgan fingerprint density at radius 1 is 1.40 bits per heavy atom. The van der Waals surface area contributed by atoms with Crippen LogP contribution in [0.2, 0.25) is 0 Å². The van der Waals surface area contributed by atoms with Crippen LogP contribution in [-0.2, 0) is 6.42 Å². The Morgan fingerprint density at radius 3 is 2.85 bits per heavy atom. The highest BCUT2D eigenvalue weighted by molar-refractivity contribution is 9.09. The van der Waals surface area contributed by atoms with E-state index in [1.807, 2.05) is 0 Å². The maximum absolute atomic E-state index is 13.3. The second kappa shape index (κ2) is 6.93. The highest BCUT2D eigenvalue weighted by Gasteiger charge is 2.34. The van der Waals surface area contributed by atoms with Crippen molar-refractivity contribution in [1.29, 1.82) is 0 Å². The van der Waals surface area contributed by atoms with Crippen molar-refractivity contribution in [2.45, 2.75) is 58.5 Å². The molecule has 1 heterocycles. The molecule has 0 spiro atoms. The lowest BCUT2D eigenvalue weighted by Crippen LogP contribution is -2.30. The van der Waals surface area contributed by atoms with Crippen LogP contribution in [0.25, 0.3) is 0 Å². The van der Waals surface area contributed by atoms with Gasteiger partial charge in [0.2, 0.25) is 0 Å². The minimum absolute atomic E-state index is 0.166. The van der Waals surface area contributed by atoms with Crippen LogP contribution in [0.15, 0.2) is 18.2 Å². The first kappa shape index (κ1) is 15.8. The Hall–Kier alpha value is -0.570. The summed E-state index contributed by atoms with van der Waals surface area (Å²) in [5, 5.41) is 1.01. The van der Waals surface area contributed by atoms with Crippen LogP contribution in [0.4, 0.5) is 4.39 Å². The van der Waals surface area contributed by atoms with Gasteiger partial charge in [-0.3, -0.25) is 0 Å². The summed E-state index contributed by atoms with van der Waals surface area (Å²) in [6.07, 6.45) is 6.96. The Labute approximate surface area is 130 Å². The van der Waals surface area contributed by atoms with Crippen molar-refractivity contribution in [2.75, 3.05) is 5.33 Å². The largest absolute Gasteiger partial charge is 0.490 e. The van der Waals surface area contributed by atoms with E-state index in [1.54, 1.807) is 12.1 Å². The molecule has 0 radical (unpaired) electrons. The van der Waals surface area contributed by atoms with Gasteiger partial charge in [-0.2, -0.15) is 0 Å². The van der Waals surface area contributed by atoms with Gasteiger partial charge in [0, 0.05) is 17.3 Å². The average molecular weight is 343 g/mol. The standard InChI is InChI=1S/C17H24BrFO/c1-3-5-8-17(4-2,12-18)11-15-10-13-9-14(19)6-7-16(13)20-15/h6-7,9,15H,3-5,8,10-12H2,1-2H3. The molecule has 2 unspecified atom stereocenters. The molecule has 2 atom stereocenters. The predicted octanol–water partition coefficient (Wildman–Crippen LogP) is 5.50. The smallest absolute Gasteiger partial charge is 0.123 e. The first-order chi connectivity index (χ1) is 9.62. The fourth-order valence-corrected chi connectivity index (χ4v) is 3.98. The first-order valence-electron chi connectivity index (χ1n) is 7.63. The fraction of sp³-hybridized carbons (Fsp3) is 0.647. The van der Waals surface area contributed by atoms with Gasteiger partial charge in [0.15, 0.2) is 0 Å². The molecular weight excluding hydrogens is 319 g/mol. The van der Waals surface area contributed by atoms with Crippen molar-refractivity contribution in [3.05, 3.63) is 29.6 Å². The monoisotopic (exact) mass is 342 g/mol. The molecule has 1 nitrogen and oxygen atoms in total. The van der Waals surface area contributed by atoms with Gasteiger partial charge in [0.1, 0.15) is 17.7 Å². The highest BCUT2D eigenvalue weighted by atomic mass is 79.9. The predicted molar refractivity (Wildman–Crippen MR) is 85.2 cm³/mol. The number of benzene rings is 1. The third kappa shape index (κ3) is 3.55. The van der Waals surface area contributed by atoms with E-state index in [1.165, 1.54) is 25.3 Å². The van der Waals surface area contributed by atoms with Crippen LogP contribution >= 0.6 is 15.9 Å². The Kier molecular flexibility index (Phi) is 5.48. The lowest BCUT2D eigenvalue weighted by Gasteiger charge is -2.33. The zero-order valence-corrected chi connectivity index (χ0v) is 14.0. The Bertz CT molecular complexity index is 443. The Balaban J connectivity index is 2.03. The maximum atomic E-state index is 13.3. The second-order valence-corrected chi connectivity index (χ2v) is 6.55. The molecule has 112 valence electrons. The molecule has 0 saturated carbocycles. The lowest BCUT2D eigenvalue weighted by atomic mass is 9.77. The van der Waals surface area contributed by atoms with Crippen LogP contribution in [0.5, 0.6) is 5.75 Å². The van der Waals surface area contributed by atoms with E-state index >= 15 is 0 Å². The molecule has 0 saturated heterocycles. The molecule has 1 aliphatic rings. The van der Waals surface area contributed by atoms with Crippen molar-refractivity contribution in [3.8, 4) is 5.75 Å². The number of hydrogen-bond donors (Lipinski definition) is 0. The molecule has 0 N–H and O–H groups in total. The molecule has 1 aromatic rings. The van der Waals surface area contributed by atoms with Crippen LogP contribution in [0, 0.1) is 11.2 Å². The molecule has 0 aliphatic carbocycles. The van der Waals surface area contributed by atoms with E-state index in [-0.39, 0.29) is 11.9 Å². The third-order valence-corrected chi connectivity index (χ3v) is 5.71. The molecule has 0 bridgehead atoms. The third-order valence-electron chi connectivity index (χ3n) is 4.52. The van der Waals surface area contributed by atoms with Crippen molar-refractivity contribution < 1.29 is 9.13 Å². The van der Waals surface area contributed by atoms with E-state index in [2.05, 4.69) is 29.8 Å². The topological polar surface area (TPSA) is 9.23 Å². The van der Waals surface area contributed by atoms with Crippen LogP contribution in [0.3, 0.4) is 0 Å². The van der Waals surface area contributed by atoms with E-state index < -0.39 is 0 Å². The number of fused-ring (bicyclic) bond motifs is 1. The van der Waals surface area contributed by atoms with Gasteiger partial charge >= 0.3 is 0 Å². The van der Waals surface area contributed by atoms with Gasteiger partial charge < -0.3 is 4.74 Å². The molecule has 0 amide bonds. The number of hydrogen-bond acceptors (Lipinski definition) is 1. The van der Waals surface area contributed by atoms with Crippen LogP contribution < -0.4 is 4.74 Å². The summed E-state index contributed by atoms with van der Waals surface area (Å²) in [5.41, 5.74) is 1.33. The summed E-state index contributed by atoms with van der Waals surface area (Å²) in [7, 11) is 0. The molecule has 2 rings (SSSR count). The van der Waals surface area contributed by atoms with Gasteiger partial charge in [0.25, 0.3) is 0 Å². The van der Waals surface area contributed by atoms with E-state index in [9.17, 15) is 4.39 Å². The number of halogens is 2. The molecule has 20 heavy (non-hydrogen) atoms. The van der Waals surface area contributed by atoms with E-state index in [4.69, 9.17) is 4.74 Å². The number of ether oxygens (including phenoxy) is 1. The van der Waals surface area contributed by atoms with Crippen molar-refractivity contribution in [2.24, 2.45) is 5.41 Å². The molecule has 3 heteroatoms. The Morgan fingerprint density at radius 2 is 2.20 bits per heavy atom. The van der Waals surface area contributed by atoms with Gasteiger partial charge in [-0.05, 0) is 42.9 Å². The minimum atomic E-state index is -0.166. The van der Waals surface area contributed by atoms with Crippen LogP contribution in [0.1, 0.15) is 51.5 Å². The summed E-state index contributed by atoms with van der Waals surface area (Å²) in [6, 6.07) is 4.86. The number of unbranched alkanes of at least 4 members (excludes halogenated alkanes) is 1. The van der Waals surface area contributed by atoms with Gasteiger partial charge in [0.05, 0.1) is 0 Å². The van der Waals surface area contributed by atoms with Gasteiger partial charge in [-0.25, -0.2) is 4.39 Å². The molecule has 0 fully saturated rings. The minimum Gasteiger partial charge on any atom is -0.490 e. The molecule has 0 aromatic heterocycles. The van der Waals surface area contributed by atoms with Gasteiger partial charge in [-0.15, -0.1) is 0 Å². The number of rotatable bonds is 7. The summed E-state index contributed by atoms with van der Waals surface area (Å²) in [5.74, 6) is 0.702. The van der Waals surface area contributed by atoms with Crippen molar-refractivity contribution >= 4 is 15.9 Å². The van der Waals surface area contributed by atoms with E-state index in [0.29, 0.717) is 5.41 Å². The lowest BCUT2D eigenvalue weighted by molar-refractivity contribution is 0.136. The van der Waals surface area contributed by atoms with Crippen molar-refractivity contribution in [3.63, 3.8) is 0 Å². The maximum Gasteiger partial charge on any atom is 0.123 e. The normalized spacial score (nSPS) is 20.3. The summed E-state index contributed by atoms with van der Waals surface area (Å²) in [6.45, 7) is 4.50. The molecule has 1 aromatic carbocycles. The molecule has 1 aliphatic heterocycles. The van der Waals surface area contributed by atoms with Gasteiger partial charge in [-0.1, -0.05) is 42.6 Å². The fourth-order valence-electron chi connectivity index (χ4n) is 3.08. The highest BCUT2D eigenvalue weighted by Crippen LogP contribution is 2.40. The SMILES string of the molecule is CCCCC(CC)(CBr)CC1Cc2cc(F)ccc2O1. The summed E-state index contributed by atoms with van der Waals surface area (Å²) < 4.78 is 19.3. The second-order valence-electron chi connectivity index (χ2n) is 5.99. The summed E-state index contributed by atoms with van der Waals surface area (Å²) in [4.78, 5) is 0. The quantitative estimate of drug-likeness (QED) is 0.594. The van der Waals surface area contributed by atoms with Crippen molar-refractivity contribution in [1.82, 2.24) is 0 Å². The number of alkyl halides is 1. The average Bonchev–Trinajstić information content (AvgIpc) is 2.84. The zero-order valence-electron chi connectivity index (χ0n) is 12.4. The van der Waals surface area contributed by atoms with Crippen LogP contribution in [-0.4, -0.2) is 11.4 Å². The summed E-state index contributed by atoms with van der Waals surface area (Å²) >= 11 is 3.70.